The van der Waals surface area contributed by atoms with Gasteiger partial charge in [0.15, 0.2) is 5.82 Å². The van der Waals surface area contributed by atoms with Crippen molar-refractivity contribution in [3.8, 4) is 17.1 Å². The first kappa shape index (κ1) is 22.3. The van der Waals surface area contributed by atoms with Crippen LogP contribution in [0.2, 0.25) is 5.02 Å². The lowest BCUT2D eigenvalue weighted by Crippen LogP contribution is -2.31. The molecule has 1 fully saturated rings. The van der Waals surface area contributed by atoms with E-state index in [0.717, 1.165) is 50.0 Å². The van der Waals surface area contributed by atoms with Gasteiger partial charge in [-0.25, -0.2) is 4.39 Å². The van der Waals surface area contributed by atoms with Gasteiger partial charge in [0.1, 0.15) is 12.1 Å². The van der Waals surface area contributed by atoms with Crippen molar-refractivity contribution < 1.29 is 9.13 Å². The van der Waals surface area contributed by atoms with E-state index >= 15 is 4.39 Å². The van der Waals surface area contributed by atoms with Crippen LogP contribution in [-0.4, -0.2) is 54.2 Å². The molecule has 5 nitrogen and oxygen atoms in total. The molecule has 0 unspecified atom stereocenters. The van der Waals surface area contributed by atoms with Crippen LogP contribution < -0.4 is 10.1 Å². The molecule has 5 rings (SSSR count). The maximum atomic E-state index is 16.0. The Kier molecular flexibility index (Phi) is 6.32. The van der Waals surface area contributed by atoms with Crippen LogP contribution in [0.15, 0.2) is 42.0 Å². The second kappa shape index (κ2) is 9.37. The van der Waals surface area contributed by atoms with E-state index in [1.807, 2.05) is 30.3 Å². The van der Waals surface area contributed by atoms with Gasteiger partial charge in [-0.15, -0.1) is 0 Å². The predicted molar refractivity (Wildman–Crippen MR) is 131 cm³/mol. The van der Waals surface area contributed by atoms with E-state index in [4.69, 9.17) is 21.3 Å². The quantitative estimate of drug-likeness (QED) is 0.550. The molecule has 1 atom stereocenters. The molecule has 0 amide bonds. The number of likely N-dealkylation sites (tertiary alicyclic amines) is 1. The molecule has 0 spiro atoms. The number of nitrogens with one attached hydrogen (secondary N) is 1. The van der Waals surface area contributed by atoms with Gasteiger partial charge in [0.2, 0.25) is 0 Å². The molecular formula is C26H28ClFN4O. The monoisotopic (exact) mass is 466 g/mol. The third-order valence-corrected chi connectivity index (χ3v) is 7.04. The summed E-state index contributed by atoms with van der Waals surface area (Å²) in [6.07, 6.45) is 3.04. The minimum atomic E-state index is -0.442. The highest BCUT2D eigenvalue weighted by Crippen LogP contribution is 2.39. The Bertz CT molecular complexity index is 1210. The second-order valence-corrected chi connectivity index (χ2v) is 9.34. The molecule has 3 heterocycles. The number of aromatic nitrogens is 2. The summed E-state index contributed by atoms with van der Waals surface area (Å²) in [5.41, 5.74) is 4.32. The summed E-state index contributed by atoms with van der Waals surface area (Å²) in [6, 6.07) is 11.7. The number of hydrogen-bond donors (Lipinski definition) is 1. The lowest BCUT2D eigenvalue weighted by atomic mass is 9.95. The molecular weight excluding hydrogens is 439 g/mol. The molecule has 2 aliphatic rings. The first-order valence-electron chi connectivity index (χ1n) is 11.5. The number of fused-ring (bicyclic) bond motifs is 1. The summed E-state index contributed by atoms with van der Waals surface area (Å²) in [4.78, 5) is 11.6. The van der Waals surface area contributed by atoms with E-state index < -0.39 is 5.82 Å². The second-order valence-electron chi connectivity index (χ2n) is 8.94. The Balaban J connectivity index is 1.66. The summed E-state index contributed by atoms with van der Waals surface area (Å²) in [5, 5.41) is 4.35. The Morgan fingerprint density at radius 2 is 2.06 bits per heavy atom. The molecule has 3 aromatic rings. The van der Waals surface area contributed by atoms with Crippen LogP contribution >= 0.6 is 11.6 Å². The molecule has 0 bridgehead atoms. The van der Waals surface area contributed by atoms with Crippen LogP contribution in [0.4, 0.5) is 4.39 Å². The summed E-state index contributed by atoms with van der Waals surface area (Å²) in [7, 11) is 2.10. The fourth-order valence-electron chi connectivity index (χ4n) is 4.83. The third-order valence-electron chi connectivity index (χ3n) is 6.74. The van der Waals surface area contributed by atoms with Crippen LogP contribution in [0.3, 0.4) is 0 Å². The highest BCUT2D eigenvalue weighted by atomic mass is 35.5. The summed E-state index contributed by atoms with van der Waals surface area (Å²) >= 11 is 6.63. The normalized spacial score (nSPS) is 19.5. The highest BCUT2D eigenvalue weighted by molar-refractivity contribution is 6.34. The number of halogens is 2. The van der Waals surface area contributed by atoms with E-state index in [1.165, 1.54) is 5.57 Å². The van der Waals surface area contributed by atoms with Crippen molar-refractivity contribution in [2.24, 2.45) is 0 Å². The summed E-state index contributed by atoms with van der Waals surface area (Å²) in [6.45, 7) is 5.26. The molecule has 1 saturated heterocycles. The molecule has 7 heteroatoms. The van der Waals surface area contributed by atoms with Crippen LogP contribution in [0, 0.1) is 5.82 Å². The maximum Gasteiger partial charge on any atom is 0.317 e. The minimum Gasteiger partial charge on any atom is -0.462 e. The zero-order valence-electron chi connectivity index (χ0n) is 19.0. The van der Waals surface area contributed by atoms with Crippen molar-refractivity contribution in [2.45, 2.75) is 32.2 Å². The molecule has 1 aromatic heterocycles. The van der Waals surface area contributed by atoms with Crippen molar-refractivity contribution >= 4 is 28.1 Å². The number of hydrogen-bond acceptors (Lipinski definition) is 5. The van der Waals surface area contributed by atoms with Crippen molar-refractivity contribution in [1.82, 2.24) is 20.2 Å². The first-order chi connectivity index (χ1) is 16.0. The predicted octanol–water partition coefficient (Wildman–Crippen LogP) is 5.33. The molecule has 2 aliphatic heterocycles. The third kappa shape index (κ3) is 4.35. The summed E-state index contributed by atoms with van der Waals surface area (Å²) < 4.78 is 22.0. The number of benzene rings is 2. The number of nitrogens with zero attached hydrogens (tertiary/aromatic N) is 3. The molecule has 0 saturated carbocycles. The average Bonchev–Trinajstić information content (AvgIpc) is 3.23. The van der Waals surface area contributed by atoms with Crippen LogP contribution in [0.1, 0.15) is 31.9 Å². The van der Waals surface area contributed by atoms with Gasteiger partial charge in [0.05, 0.1) is 10.7 Å². The van der Waals surface area contributed by atoms with E-state index in [2.05, 4.69) is 29.2 Å². The van der Waals surface area contributed by atoms with Gasteiger partial charge >= 0.3 is 6.01 Å². The number of ether oxygens (including phenoxy) is 1. The highest BCUT2D eigenvalue weighted by Gasteiger charge is 2.25. The Morgan fingerprint density at radius 3 is 2.79 bits per heavy atom. The molecule has 33 heavy (non-hydrogen) atoms. The molecule has 172 valence electrons. The lowest BCUT2D eigenvalue weighted by Gasteiger charge is -2.22. The average molecular weight is 467 g/mol. The minimum absolute atomic E-state index is 0.219. The van der Waals surface area contributed by atoms with Crippen molar-refractivity contribution in [2.75, 3.05) is 33.3 Å². The first-order valence-corrected chi connectivity index (χ1v) is 11.9. The van der Waals surface area contributed by atoms with Gasteiger partial charge in [0.25, 0.3) is 0 Å². The number of likely N-dealkylation sites (N-methyl/N-ethyl adjacent to an activating group) is 1. The van der Waals surface area contributed by atoms with E-state index in [1.54, 1.807) is 6.07 Å². The molecule has 0 radical (unpaired) electrons. The number of rotatable bonds is 5. The van der Waals surface area contributed by atoms with Gasteiger partial charge in [-0.1, -0.05) is 47.5 Å². The molecule has 0 aliphatic carbocycles. The van der Waals surface area contributed by atoms with Crippen molar-refractivity contribution in [3.05, 3.63) is 58.5 Å². The Hall–Kier alpha value is -2.54. The van der Waals surface area contributed by atoms with Gasteiger partial charge in [-0.05, 0) is 63.5 Å². The van der Waals surface area contributed by atoms with Crippen LogP contribution in [0.25, 0.3) is 27.6 Å². The van der Waals surface area contributed by atoms with Crippen molar-refractivity contribution in [3.63, 3.8) is 0 Å². The zero-order valence-corrected chi connectivity index (χ0v) is 19.8. The Morgan fingerprint density at radius 1 is 1.24 bits per heavy atom. The fraction of sp³-hybridized carbons (Fsp3) is 0.385. The standard InChI is InChI=1S/C26H28ClFN4O/c1-16-14-29-11-10-19(16)24-20-13-21(27)22(17-7-4-3-5-8-17)23(28)25(20)31-26(30-24)33-15-18-9-6-12-32(18)2/h3-5,7-8,13,18,29H,6,9-12,14-15H2,1-2H3/t18-/m0/s1. The maximum absolute atomic E-state index is 16.0. The van der Waals surface area contributed by atoms with Gasteiger partial charge in [-0.2, -0.15) is 9.97 Å². The van der Waals surface area contributed by atoms with Gasteiger partial charge < -0.3 is 15.0 Å². The molecule has 2 aromatic carbocycles. The smallest absolute Gasteiger partial charge is 0.317 e. The Labute approximate surface area is 198 Å². The van der Waals surface area contributed by atoms with Crippen LogP contribution in [-0.2, 0) is 0 Å². The van der Waals surface area contributed by atoms with E-state index in [0.29, 0.717) is 34.3 Å². The van der Waals surface area contributed by atoms with Crippen LogP contribution in [0.5, 0.6) is 6.01 Å². The molecule has 1 N–H and O–H groups in total. The van der Waals surface area contributed by atoms with E-state index in [9.17, 15) is 0 Å². The zero-order chi connectivity index (χ0) is 22.9. The fourth-order valence-corrected chi connectivity index (χ4v) is 5.13. The summed E-state index contributed by atoms with van der Waals surface area (Å²) in [5.74, 6) is -0.442. The van der Waals surface area contributed by atoms with Crippen molar-refractivity contribution in [1.29, 1.82) is 0 Å². The topological polar surface area (TPSA) is 50.3 Å². The van der Waals surface area contributed by atoms with Gasteiger partial charge in [-0.3, -0.25) is 0 Å². The largest absolute Gasteiger partial charge is 0.462 e. The SMILES string of the molecule is CC1=C(c2nc(OC[C@@H]3CCCN3C)nc3c(F)c(-c4ccccc4)c(Cl)cc23)CCNC1. The van der Waals surface area contributed by atoms with E-state index in [-0.39, 0.29) is 11.5 Å². The van der Waals surface area contributed by atoms with Gasteiger partial charge in [0, 0.05) is 23.5 Å². The lowest BCUT2D eigenvalue weighted by molar-refractivity contribution is 0.188.